The van der Waals surface area contributed by atoms with E-state index >= 15 is 0 Å². The van der Waals surface area contributed by atoms with Gasteiger partial charge in [-0.25, -0.2) is 14.5 Å². The third-order valence-corrected chi connectivity index (χ3v) is 4.70. The number of anilines is 1. The number of benzene rings is 2. The van der Waals surface area contributed by atoms with E-state index in [-0.39, 0.29) is 34.4 Å². The zero-order valence-corrected chi connectivity index (χ0v) is 18.1. The van der Waals surface area contributed by atoms with E-state index in [1.165, 1.54) is 42.5 Å². The van der Waals surface area contributed by atoms with Gasteiger partial charge < -0.3 is 14.6 Å². The molecule has 2 N–H and O–H groups in total. The van der Waals surface area contributed by atoms with Crippen LogP contribution in [0, 0.1) is 0 Å². The quantitative estimate of drug-likeness (QED) is 0.460. The number of aliphatic carboxylic acids is 1. The predicted octanol–water partition coefficient (Wildman–Crippen LogP) is 3.52. The van der Waals surface area contributed by atoms with Gasteiger partial charge in [0, 0.05) is 5.02 Å². The van der Waals surface area contributed by atoms with Crippen molar-refractivity contribution in [1.29, 1.82) is 0 Å². The largest absolute Gasteiger partial charge is 0.490 e. The summed E-state index contributed by atoms with van der Waals surface area (Å²) in [5, 5.41) is 11.4. The van der Waals surface area contributed by atoms with Gasteiger partial charge in [-0.1, -0.05) is 23.2 Å². The van der Waals surface area contributed by atoms with E-state index in [1.807, 2.05) is 0 Å². The van der Waals surface area contributed by atoms with Crippen LogP contribution in [0.1, 0.15) is 12.5 Å². The number of urea groups is 1. The third kappa shape index (κ3) is 5.01. The highest BCUT2D eigenvalue weighted by atomic mass is 35.5. The Balaban J connectivity index is 2.00. The monoisotopic (exact) mass is 478 g/mol. The van der Waals surface area contributed by atoms with Gasteiger partial charge in [0.15, 0.2) is 18.1 Å². The van der Waals surface area contributed by atoms with Crippen molar-refractivity contribution in [1.82, 2.24) is 5.32 Å². The molecule has 1 fully saturated rings. The molecule has 0 saturated carbocycles. The lowest BCUT2D eigenvalue weighted by atomic mass is 10.1. The minimum absolute atomic E-state index is 0.00968. The Morgan fingerprint density at radius 3 is 2.44 bits per heavy atom. The number of hydrogen-bond donors (Lipinski definition) is 2. The lowest BCUT2D eigenvalue weighted by Gasteiger charge is -2.26. The molecule has 2 aromatic carbocycles. The fourth-order valence-corrected chi connectivity index (χ4v) is 3.26. The number of halogens is 2. The maximum atomic E-state index is 13.0. The van der Waals surface area contributed by atoms with E-state index in [9.17, 15) is 19.2 Å². The van der Waals surface area contributed by atoms with Crippen molar-refractivity contribution in [3.8, 4) is 11.5 Å². The molecule has 0 unspecified atom stereocenters. The molecule has 32 heavy (non-hydrogen) atoms. The Morgan fingerprint density at radius 1 is 1.12 bits per heavy atom. The maximum Gasteiger partial charge on any atom is 0.341 e. The first-order valence-electron chi connectivity index (χ1n) is 9.19. The van der Waals surface area contributed by atoms with Crippen molar-refractivity contribution in [3.05, 3.63) is 57.6 Å². The van der Waals surface area contributed by atoms with E-state index in [1.54, 1.807) is 6.92 Å². The summed E-state index contributed by atoms with van der Waals surface area (Å²) >= 11 is 12.1. The van der Waals surface area contributed by atoms with Crippen molar-refractivity contribution in [2.45, 2.75) is 6.92 Å². The van der Waals surface area contributed by atoms with Gasteiger partial charge in [0.2, 0.25) is 0 Å². The summed E-state index contributed by atoms with van der Waals surface area (Å²) in [5.74, 6) is -2.80. The number of ether oxygens (including phenoxy) is 2. The van der Waals surface area contributed by atoms with Gasteiger partial charge in [-0.05, 0) is 55.0 Å². The van der Waals surface area contributed by atoms with Crippen LogP contribution in [0.2, 0.25) is 10.0 Å². The predicted molar refractivity (Wildman–Crippen MR) is 116 cm³/mol. The fraction of sp³-hybridized carbons (Fsp3) is 0.143. The number of nitrogens with zero attached hydrogens (tertiary/aromatic N) is 1. The van der Waals surface area contributed by atoms with E-state index < -0.39 is 30.4 Å². The molecule has 0 aromatic heterocycles. The minimum atomic E-state index is -1.20. The standard InChI is InChI=1S/C21H16Cl2N2O7/c1-2-31-16-9-11(8-15(23)18(16)32-10-17(26)27)7-14-19(28)24-21(30)25(20(14)29)13-5-3-12(22)4-6-13/h3-9H,2,10H2,1H3,(H,26,27)(H,24,28,30)/b14-7+. The van der Waals surface area contributed by atoms with E-state index in [2.05, 4.69) is 5.32 Å². The summed E-state index contributed by atoms with van der Waals surface area (Å²) in [5.41, 5.74) is 0.197. The van der Waals surface area contributed by atoms with E-state index in [4.69, 9.17) is 37.8 Å². The molecule has 1 heterocycles. The molecule has 4 amide bonds. The lowest BCUT2D eigenvalue weighted by molar-refractivity contribution is -0.139. The molecule has 3 rings (SSSR count). The van der Waals surface area contributed by atoms with Crippen LogP contribution in [0.25, 0.3) is 6.08 Å². The van der Waals surface area contributed by atoms with Crippen molar-refractivity contribution < 1.29 is 33.8 Å². The smallest absolute Gasteiger partial charge is 0.341 e. The van der Waals surface area contributed by atoms with Crippen LogP contribution in [0.4, 0.5) is 10.5 Å². The average Bonchev–Trinajstić information content (AvgIpc) is 2.72. The highest BCUT2D eigenvalue weighted by Gasteiger charge is 2.36. The summed E-state index contributed by atoms with van der Waals surface area (Å²) in [7, 11) is 0. The summed E-state index contributed by atoms with van der Waals surface area (Å²) in [6.07, 6.45) is 1.24. The normalized spacial score (nSPS) is 15.0. The molecule has 2 aromatic rings. The van der Waals surface area contributed by atoms with Crippen molar-refractivity contribution in [2.75, 3.05) is 18.1 Å². The second kappa shape index (κ2) is 9.71. The summed E-state index contributed by atoms with van der Waals surface area (Å²) < 4.78 is 10.6. The zero-order chi connectivity index (χ0) is 23.4. The molecule has 166 valence electrons. The highest BCUT2D eigenvalue weighted by molar-refractivity contribution is 6.39. The Bertz CT molecular complexity index is 1130. The first kappa shape index (κ1) is 23.1. The number of imide groups is 2. The van der Waals surface area contributed by atoms with Crippen LogP contribution in [0.3, 0.4) is 0 Å². The molecule has 11 heteroatoms. The number of carboxylic acids is 1. The van der Waals surface area contributed by atoms with Crippen molar-refractivity contribution >= 4 is 58.8 Å². The molecular weight excluding hydrogens is 463 g/mol. The molecule has 1 saturated heterocycles. The molecular formula is C21H16Cl2N2O7. The molecule has 0 spiro atoms. The topological polar surface area (TPSA) is 122 Å². The van der Waals surface area contributed by atoms with E-state index in [0.717, 1.165) is 4.90 Å². The van der Waals surface area contributed by atoms with Gasteiger partial charge in [-0.15, -0.1) is 0 Å². The van der Waals surface area contributed by atoms with E-state index in [0.29, 0.717) is 10.6 Å². The van der Waals surface area contributed by atoms with Gasteiger partial charge >= 0.3 is 12.0 Å². The summed E-state index contributed by atoms with van der Waals surface area (Å²) in [4.78, 5) is 49.2. The minimum Gasteiger partial charge on any atom is -0.490 e. The number of nitrogens with one attached hydrogen (secondary N) is 1. The van der Waals surface area contributed by atoms with Gasteiger partial charge in [0.05, 0.1) is 17.3 Å². The first-order valence-corrected chi connectivity index (χ1v) is 9.94. The van der Waals surface area contributed by atoms with Crippen molar-refractivity contribution in [3.63, 3.8) is 0 Å². The second-order valence-corrected chi connectivity index (χ2v) is 7.22. The van der Waals surface area contributed by atoms with Crippen LogP contribution in [0.5, 0.6) is 11.5 Å². The third-order valence-electron chi connectivity index (χ3n) is 4.17. The van der Waals surface area contributed by atoms with Gasteiger partial charge in [0.25, 0.3) is 11.8 Å². The van der Waals surface area contributed by atoms with Crippen LogP contribution < -0.4 is 19.7 Å². The fourth-order valence-electron chi connectivity index (χ4n) is 2.86. The molecule has 1 aliphatic heterocycles. The Hall–Kier alpha value is -3.56. The number of carbonyl (C=O) groups is 4. The average molecular weight is 479 g/mol. The Morgan fingerprint density at radius 2 is 1.81 bits per heavy atom. The summed E-state index contributed by atoms with van der Waals surface area (Å²) in [6.45, 7) is 1.28. The highest BCUT2D eigenvalue weighted by Crippen LogP contribution is 2.37. The van der Waals surface area contributed by atoms with Crippen LogP contribution in [0.15, 0.2) is 42.0 Å². The number of barbiturate groups is 1. The Labute approximate surface area is 192 Å². The molecule has 0 bridgehead atoms. The molecule has 0 radical (unpaired) electrons. The van der Waals surface area contributed by atoms with Gasteiger partial charge in [0.1, 0.15) is 5.57 Å². The lowest BCUT2D eigenvalue weighted by Crippen LogP contribution is -2.54. The molecule has 0 atom stereocenters. The Kier molecular flexibility index (Phi) is 7.01. The number of rotatable bonds is 7. The molecule has 1 aliphatic rings. The molecule has 0 aliphatic carbocycles. The SMILES string of the molecule is CCOc1cc(/C=C2\C(=O)NC(=O)N(c3ccc(Cl)cc3)C2=O)cc(Cl)c1OCC(=O)O. The van der Waals surface area contributed by atoms with Gasteiger partial charge in [-0.3, -0.25) is 14.9 Å². The van der Waals surface area contributed by atoms with Crippen LogP contribution in [-0.4, -0.2) is 42.1 Å². The first-order chi connectivity index (χ1) is 15.2. The second-order valence-electron chi connectivity index (χ2n) is 6.38. The van der Waals surface area contributed by atoms with Crippen molar-refractivity contribution in [2.24, 2.45) is 0 Å². The van der Waals surface area contributed by atoms with Crippen LogP contribution >= 0.6 is 23.2 Å². The zero-order valence-electron chi connectivity index (χ0n) is 16.6. The number of hydrogen-bond acceptors (Lipinski definition) is 6. The maximum absolute atomic E-state index is 13.0. The van der Waals surface area contributed by atoms with Gasteiger partial charge in [-0.2, -0.15) is 0 Å². The number of carbonyl (C=O) groups excluding carboxylic acids is 3. The number of carboxylic acid groups (broad SMARTS) is 1. The molecule has 9 nitrogen and oxygen atoms in total. The van der Waals surface area contributed by atoms with Crippen LogP contribution in [-0.2, 0) is 14.4 Å². The summed E-state index contributed by atoms with van der Waals surface area (Å²) in [6, 6.07) is 7.84. The number of amides is 4.